The lowest BCUT2D eigenvalue weighted by Gasteiger charge is -2.52. The maximum atomic E-state index is 12.1. The lowest BCUT2D eigenvalue weighted by atomic mass is 9.53. The molecule has 0 bridgehead atoms. The lowest BCUT2D eigenvalue weighted by Crippen LogP contribution is -2.45. The molecule has 4 aliphatic rings. The zero-order chi connectivity index (χ0) is 20.3. The molecule has 0 aromatic heterocycles. The van der Waals surface area contributed by atoms with Crippen molar-refractivity contribution in [3.8, 4) is 0 Å². The van der Waals surface area contributed by atoms with E-state index in [0.29, 0.717) is 35.9 Å². The Morgan fingerprint density at radius 1 is 1.03 bits per heavy atom. The summed E-state index contributed by atoms with van der Waals surface area (Å²) < 4.78 is 0. The van der Waals surface area contributed by atoms with Crippen LogP contribution in [-0.4, -0.2) is 17.0 Å². The van der Waals surface area contributed by atoms with E-state index in [-0.39, 0.29) is 11.5 Å². The van der Waals surface area contributed by atoms with Crippen molar-refractivity contribution in [3.63, 3.8) is 0 Å². The molecule has 0 heterocycles. The molecular formula is C27H34O2. The molecule has 5 atom stereocenters. The quantitative estimate of drug-likeness (QED) is 0.665. The lowest BCUT2D eigenvalue weighted by molar-refractivity contribution is -0.114. The molecule has 0 spiro atoms. The van der Waals surface area contributed by atoms with Crippen LogP contribution in [0.3, 0.4) is 0 Å². The van der Waals surface area contributed by atoms with E-state index in [0.717, 1.165) is 38.5 Å². The highest BCUT2D eigenvalue weighted by atomic mass is 16.3. The van der Waals surface area contributed by atoms with Gasteiger partial charge in [0.25, 0.3) is 0 Å². The zero-order valence-electron chi connectivity index (χ0n) is 18.1. The van der Waals surface area contributed by atoms with E-state index in [4.69, 9.17) is 0 Å². The highest BCUT2D eigenvalue weighted by molar-refractivity contribution is 5.93. The number of hydrogen-bond donors (Lipinski definition) is 1. The summed E-state index contributed by atoms with van der Waals surface area (Å²) in [6.45, 7) is 6.84. The third-order valence-corrected chi connectivity index (χ3v) is 8.69. The number of carbonyl (C=O) groups is 1. The smallest absolute Gasteiger partial charge is 0.156 e. The van der Waals surface area contributed by atoms with Crippen LogP contribution in [0.4, 0.5) is 0 Å². The van der Waals surface area contributed by atoms with Gasteiger partial charge in [-0.3, -0.25) is 4.79 Å². The minimum Gasteiger partial charge on any atom is -0.393 e. The maximum Gasteiger partial charge on any atom is 0.156 e. The van der Waals surface area contributed by atoms with Crippen molar-refractivity contribution < 1.29 is 9.90 Å². The topological polar surface area (TPSA) is 37.3 Å². The van der Waals surface area contributed by atoms with E-state index in [1.54, 1.807) is 5.57 Å². The predicted octanol–water partition coefficient (Wildman–Crippen LogP) is 6.07. The number of allylic oxidation sites excluding steroid dienone is 4. The highest BCUT2D eigenvalue weighted by Crippen LogP contribution is 2.63. The fourth-order valence-electron chi connectivity index (χ4n) is 7.04. The van der Waals surface area contributed by atoms with Crippen LogP contribution in [0.25, 0.3) is 0 Å². The molecular weight excluding hydrogens is 356 g/mol. The minimum atomic E-state index is -0.179. The van der Waals surface area contributed by atoms with Crippen LogP contribution in [0.15, 0.2) is 47.1 Å². The fourth-order valence-corrected chi connectivity index (χ4v) is 7.04. The van der Waals surface area contributed by atoms with Gasteiger partial charge >= 0.3 is 0 Å². The Hall–Kier alpha value is -1.67. The molecule has 0 amide bonds. The molecule has 1 aromatic carbocycles. The molecule has 2 fully saturated rings. The minimum absolute atomic E-state index is 0.0157. The van der Waals surface area contributed by atoms with E-state index in [1.165, 1.54) is 22.3 Å². The number of hydrogen-bond acceptors (Lipinski definition) is 2. The third-order valence-electron chi connectivity index (χ3n) is 8.69. The molecule has 1 N–H and O–H groups in total. The first-order valence-electron chi connectivity index (χ1n) is 11.6. The fraction of sp³-hybridized carbons (Fsp3) is 0.593. The monoisotopic (exact) mass is 390 g/mol. The summed E-state index contributed by atoms with van der Waals surface area (Å²) in [6, 6.07) is 9.26. The van der Waals surface area contributed by atoms with Crippen LogP contribution in [0.5, 0.6) is 0 Å². The van der Waals surface area contributed by atoms with Crippen LogP contribution in [0, 0.1) is 17.3 Å². The van der Waals surface area contributed by atoms with Gasteiger partial charge in [-0.2, -0.15) is 0 Å². The van der Waals surface area contributed by atoms with Crippen LogP contribution in [-0.2, 0) is 4.79 Å². The van der Waals surface area contributed by atoms with Gasteiger partial charge in [-0.15, -0.1) is 0 Å². The molecule has 2 heteroatoms. The average molecular weight is 391 g/mol. The first-order chi connectivity index (χ1) is 13.9. The predicted molar refractivity (Wildman–Crippen MR) is 117 cm³/mol. The van der Waals surface area contributed by atoms with Crippen LogP contribution in [0.2, 0.25) is 0 Å². The second-order valence-electron chi connectivity index (χ2n) is 10.5. The van der Waals surface area contributed by atoms with E-state index in [2.05, 4.69) is 45.0 Å². The van der Waals surface area contributed by atoms with E-state index in [9.17, 15) is 9.90 Å². The van der Waals surface area contributed by atoms with Crippen LogP contribution in [0.1, 0.15) is 88.7 Å². The summed E-state index contributed by atoms with van der Waals surface area (Å²) in [5.41, 5.74) is 7.25. The van der Waals surface area contributed by atoms with Gasteiger partial charge in [0.1, 0.15) is 0 Å². The standard InChI is InChI=1S/C27H34O2/c1-16(2)17-4-6-18(7-5-17)23-15-27(3)24(12-13-25(27)29)22-10-8-19-14-20(28)9-11-21(19)26(22)23/h4-7,14,16,22-25,29H,8-13,15H2,1-3H3. The second kappa shape index (κ2) is 6.94. The number of fused-ring (bicyclic) bond motifs is 4. The Bertz CT molecular complexity index is 888. The maximum absolute atomic E-state index is 12.1. The van der Waals surface area contributed by atoms with Gasteiger partial charge in [0.05, 0.1) is 6.10 Å². The summed E-state index contributed by atoms with van der Waals surface area (Å²) in [6.07, 6.45) is 8.66. The van der Waals surface area contributed by atoms with Crippen molar-refractivity contribution in [3.05, 3.63) is 58.2 Å². The van der Waals surface area contributed by atoms with Crippen molar-refractivity contribution in [2.45, 2.75) is 83.7 Å². The summed E-state index contributed by atoms with van der Waals surface area (Å²) in [5.74, 6) is 2.38. The Morgan fingerprint density at radius 2 is 1.79 bits per heavy atom. The van der Waals surface area contributed by atoms with Crippen molar-refractivity contribution in [2.75, 3.05) is 0 Å². The van der Waals surface area contributed by atoms with E-state index < -0.39 is 0 Å². The zero-order valence-corrected chi connectivity index (χ0v) is 18.1. The van der Waals surface area contributed by atoms with Crippen molar-refractivity contribution in [2.24, 2.45) is 17.3 Å². The number of aliphatic hydroxyl groups is 1. The molecule has 0 aliphatic heterocycles. The first kappa shape index (κ1) is 19.3. The molecule has 2 nitrogen and oxygen atoms in total. The van der Waals surface area contributed by atoms with Crippen LogP contribution < -0.4 is 0 Å². The largest absolute Gasteiger partial charge is 0.393 e. The van der Waals surface area contributed by atoms with Gasteiger partial charge in [-0.05, 0) is 90.0 Å². The van der Waals surface area contributed by atoms with E-state index in [1.807, 2.05) is 6.08 Å². The molecule has 5 unspecified atom stereocenters. The summed E-state index contributed by atoms with van der Waals surface area (Å²) in [4.78, 5) is 12.1. The van der Waals surface area contributed by atoms with E-state index >= 15 is 0 Å². The average Bonchev–Trinajstić information content (AvgIpc) is 3.01. The molecule has 154 valence electrons. The van der Waals surface area contributed by atoms with Crippen molar-refractivity contribution >= 4 is 5.78 Å². The molecule has 0 saturated heterocycles. The summed E-state index contributed by atoms with van der Waals surface area (Å²) >= 11 is 0. The third kappa shape index (κ3) is 2.98. The van der Waals surface area contributed by atoms with Crippen molar-refractivity contribution in [1.29, 1.82) is 0 Å². The SMILES string of the molecule is CC(C)c1ccc(C2CC3(C)C(O)CCC3C3CCC4=CC(=O)CCC4=C23)cc1. The van der Waals surface area contributed by atoms with Gasteiger partial charge in [-0.25, -0.2) is 0 Å². The van der Waals surface area contributed by atoms with Crippen molar-refractivity contribution in [1.82, 2.24) is 0 Å². The molecule has 1 aromatic rings. The summed E-state index contributed by atoms with van der Waals surface area (Å²) in [5, 5.41) is 11.0. The molecule has 2 saturated carbocycles. The number of ketones is 1. The van der Waals surface area contributed by atoms with Crippen LogP contribution >= 0.6 is 0 Å². The molecule has 0 radical (unpaired) electrons. The number of carbonyl (C=O) groups excluding carboxylic acids is 1. The molecule has 29 heavy (non-hydrogen) atoms. The first-order valence-corrected chi connectivity index (χ1v) is 11.6. The Labute approximate surface area is 175 Å². The van der Waals surface area contributed by atoms with Gasteiger partial charge in [0.15, 0.2) is 5.78 Å². The van der Waals surface area contributed by atoms with Gasteiger partial charge in [0, 0.05) is 12.3 Å². The Balaban J connectivity index is 1.64. The Kier molecular flexibility index (Phi) is 4.62. The van der Waals surface area contributed by atoms with Gasteiger partial charge in [-0.1, -0.05) is 50.6 Å². The second-order valence-corrected chi connectivity index (χ2v) is 10.5. The van der Waals surface area contributed by atoms with Gasteiger partial charge < -0.3 is 5.11 Å². The molecule has 5 rings (SSSR count). The summed E-state index contributed by atoms with van der Waals surface area (Å²) in [7, 11) is 0. The number of rotatable bonds is 2. The number of aliphatic hydroxyl groups excluding tert-OH is 1. The normalized spacial score (nSPS) is 36.6. The molecule has 4 aliphatic carbocycles. The number of benzene rings is 1. The highest BCUT2D eigenvalue weighted by Gasteiger charge is 2.56. The van der Waals surface area contributed by atoms with Gasteiger partial charge in [0.2, 0.25) is 0 Å². The Morgan fingerprint density at radius 3 is 2.52 bits per heavy atom.